The van der Waals surface area contributed by atoms with Crippen LogP contribution in [0.4, 0.5) is 0 Å². The number of aromatic nitrogens is 1. The highest BCUT2D eigenvalue weighted by molar-refractivity contribution is 7.98. The molecule has 0 aliphatic rings. The van der Waals surface area contributed by atoms with Crippen molar-refractivity contribution in [2.45, 2.75) is 38.6 Å². The van der Waals surface area contributed by atoms with E-state index in [1.807, 2.05) is 23.8 Å². The van der Waals surface area contributed by atoms with Gasteiger partial charge in [-0.05, 0) is 29.9 Å². The summed E-state index contributed by atoms with van der Waals surface area (Å²) in [7, 11) is 0. The molecule has 0 aliphatic carbocycles. The fourth-order valence-corrected chi connectivity index (χ4v) is 3.73. The summed E-state index contributed by atoms with van der Waals surface area (Å²) >= 11 is 3.04. The molecule has 1 heterocycles. The number of benzene rings is 1. The van der Waals surface area contributed by atoms with Gasteiger partial charge < -0.3 is 10.4 Å². The van der Waals surface area contributed by atoms with Crippen LogP contribution in [-0.4, -0.2) is 40.0 Å². The van der Waals surface area contributed by atoms with E-state index in [1.54, 1.807) is 11.8 Å². The van der Waals surface area contributed by atoms with Crippen molar-refractivity contribution in [3.63, 3.8) is 0 Å². The van der Waals surface area contributed by atoms with Gasteiger partial charge in [-0.15, -0.1) is 11.3 Å². The highest BCUT2D eigenvalue weighted by Crippen LogP contribution is 2.26. The smallest absolute Gasteiger partial charge is 0.326 e. The molecule has 1 unspecified atom stereocenters. The number of nitrogens with one attached hydrogen (secondary N) is 1. The van der Waals surface area contributed by atoms with Crippen molar-refractivity contribution < 1.29 is 14.7 Å². The molecular formula is C19H24N2O3S2. The highest BCUT2D eigenvalue weighted by Gasteiger charge is 2.20. The minimum Gasteiger partial charge on any atom is -0.480 e. The van der Waals surface area contributed by atoms with Crippen molar-refractivity contribution in [3.05, 3.63) is 40.9 Å². The van der Waals surface area contributed by atoms with Gasteiger partial charge in [0.15, 0.2) is 0 Å². The summed E-state index contributed by atoms with van der Waals surface area (Å²) in [6.45, 7) is 4.30. The molecule has 1 amide bonds. The second kappa shape index (κ2) is 9.73. The van der Waals surface area contributed by atoms with Crippen LogP contribution in [0.3, 0.4) is 0 Å². The Morgan fingerprint density at radius 3 is 2.54 bits per heavy atom. The zero-order valence-corrected chi connectivity index (χ0v) is 16.8. The Hall–Kier alpha value is -1.86. The van der Waals surface area contributed by atoms with E-state index in [2.05, 4.69) is 36.3 Å². The zero-order valence-electron chi connectivity index (χ0n) is 15.2. The molecule has 140 valence electrons. The van der Waals surface area contributed by atoms with Crippen LogP contribution < -0.4 is 5.32 Å². The van der Waals surface area contributed by atoms with E-state index in [0.717, 1.165) is 10.6 Å². The summed E-state index contributed by atoms with van der Waals surface area (Å²) in [5.74, 6) is -0.153. The van der Waals surface area contributed by atoms with Crippen molar-refractivity contribution in [2.75, 3.05) is 12.0 Å². The van der Waals surface area contributed by atoms with Crippen molar-refractivity contribution in [1.29, 1.82) is 0 Å². The van der Waals surface area contributed by atoms with E-state index >= 15 is 0 Å². The number of hydrogen-bond acceptors (Lipinski definition) is 5. The lowest BCUT2D eigenvalue weighted by Gasteiger charge is -2.13. The lowest BCUT2D eigenvalue weighted by Crippen LogP contribution is -2.41. The number of carboxylic acid groups (broad SMARTS) is 1. The number of hydrogen-bond donors (Lipinski definition) is 2. The number of thioether (sulfide) groups is 1. The molecule has 0 saturated carbocycles. The minimum atomic E-state index is -1.00. The molecule has 1 aromatic carbocycles. The Balaban J connectivity index is 1.98. The Morgan fingerprint density at radius 2 is 1.96 bits per heavy atom. The molecule has 0 spiro atoms. The second-order valence-electron chi connectivity index (χ2n) is 6.34. The molecule has 0 saturated heterocycles. The molecule has 5 nitrogen and oxygen atoms in total. The average Bonchev–Trinajstić information content (AvgIpc) is 3.06. The monoisotopic (exact) mass is 392 g/mol. The predicted molar refractivity (Wildman–Crippen MR) is 108 cm³/mol. The third-order valence-electron chi connectivity index (χ3n) is 3.96. The number of nitrogens with zero attached hydrogens (tertiary/aromatic N) is 1. The van der Waals surface area contributed by atoms with Gasteiger partial charge in [0, 0.05) is 10.9 Å². The van der Waals surface area contributed by atoms with Crippen LogP contribution in [0.2, 0.25) is 0 Å². The Kier molecular flexibility index (Phi) is 7.66. The number of aliphatic carboxylic acids is 1. The number of amides is 1. The van der Waals surface area contributed by atoms with Crippen molar-refractivity contribution >= 4 is 35.0 Å². The summed E-state index contributed by atoms with van der Waals surface area (Å²) in [5.41, 5.74) is 2.95. The first kappa shape index (κ1) is 20.5. The van der Waals surface area contributed by atoms with Gasteiger partial charge in [0.05, 0.1) is 12.1 Å². The van der Waals surface area contributed by atoms with E-state index < -0.39 is 12.0 Å². The lowest BCUT2D eigenvalue weighted by atomic mass is 10.0. The Morgan fingerprint density at radius 1 is 1.27 bits per heavy atom. The summed E-state index contributed by atoms with van der Waals surface area (Å²) in [4.78, 5) is 27.9. The van der Waals surface area contributed by atoms with Gasteiger partial charge in [0.1, 0.15) is 11.0 Å². The van der Waals surface area contributed by atoms with Gasteiger partial charge in [0.25, 0.3) is 0 Å². The van der Waals surface area contributed by atoms with Gasteiger partial charge in [-0.3, -0.25) is 4.79 Å². The molecule has 0 bridgehead atoms. The van der Waals surface area contributed by atoms with Crippen LogP contribution in [0.1, 0.15) is 37.4 Å². The number of thiazole rings is 1. The third-order valence-corrected chi connectivity index (χ3v) is 5.55. The average molecular weight is 393 g/mol. The molecule has 0 fully saturated rings. The first-order valence-corrected chi connectivity index (χ1v) is 10.7. The fourth-order valence-electron chi connectivity index (χ4n) is 2.43. The van der Waals surface area contributed by atoms with Crippen LogP contribution in [-0.2, 0) is 16.0 Å². The minimum absolute atomic E-state index is 0.0869. The number of carbonyl (C=O) groups excluding carboxylic acids is 1. The van der Waals surface area contributed by atoms with Crippen LogP contribution in [0, 0.1) is 0 Å². The standard InChI is InChI=1S/C19H24N2O3S2/c1-12(2)13-4-6-14(7-5-13)18-20-15(11-26-18)10-17(22)21-16(19(23)24)8-9-25-3/h4-7,11-12,16H,8-10H2,1-3H3,(H,21,22)(H,23,24). The van der Waals surface area contributed by atoms with Crippen LogP contribution >= 0.6 is 23.1 Å². The molecule has 1 aromatic heterocycles. The number of carbonyl (C=O) groups is 2. The predicted octanol–water partition coefficient (Wildman–Crippen LogP) is 3.80. The quantitative estimate of drug-likeness (QED) is 0.679. The molecule has 2 N–H and O–H groups in total. The Bertz CT molecular complexity index is 741. The van der Waals surface area contributed by atoms with E-state index in [9.17, 15) is 14.7 Å². The summed E-state index contributed by atoms with van der Waals surface area (Å²) in [6, 6.07) is 7.42. The molecule has 2 rings (SSSR count). The first-order valence-electron chi connectivity index (χ1n) is 8.46. The molecule has 0 aliphatic heterocycles. The maximum atomic E-state index is 12.1. The van der Waals surface area contributed by atoms with Crippen LogP contribution in [0.5, 0.6) is 0 Å². The van der Waals surface area contributed by atoms with E-state index in [-0.39, 0.29) is 12.3 Å². The van der Waals surface area contributed by atoms with Crippen LogP contribution in [0.15, 0.2) is 29.6 Å². The molecule has 2 aromatic rings. The van der Waals surface area contributed by atoms with Crippen LogP contribution in [0.25, 0.3) is 10.6 Å². The van der Waals surface area contributed by atoms with Gasteiger partial charge in [0.2, 0.25) is 5.91 Å². The molecular weight excluding hydrogens is 368 g/mol. The normalized spacial score (nSPS) is 12.2. The largest absolute Gasteiger partial charge is 0.480 e. The van der Waals surface area contributed by atoms with Gasteiger partial charge in [-0.2, -0.15) is 11.8 Å². The number of carboxylic acids is 1. The maximum Gasteiger partial charge on any atom is 0.326 e. The van der Waals surface area contributed by atoms with Crippen molar-refractivity contribution in [2.24, 2.45) is 0 Å². The second-order valence-corrected chi connectivity index (χ2v) is 8.18. The summed E-state index contributed by atoms with van der Waals surface area (Å²) in [5, 5.41) is 14.5. The SMILES string of the molecule is CSCCC(NC(=O)Cc1csc(-c2ccc(C(C)C)cc2)n1)C(=O)O. The van der Waals surface area contributed by atoms with Gasteiger partial charge in [-0.25, -0.2) is 9.78 Å². The Labute approximate surface area is 162 Å². The molecule has 1 atom stereocenters. The van der Waals surface area contributed by atoms with E-state index in [4.69, 9.17) is 0 Å². The summed E-state index contributed by atoms with van der Waals surface area (Å²) in [6.07, 6.45) is 2.40. The van der Waals surface area contributed by atoms with Crippen molar-refractivity contribution in [1.82, 2.24) is 10.3 Å². The molecule has 26 heavy (non-hydrogen) atoms. The fraction of sp³-hybridized carbons (Fsp3) is 0.421. The lowest BCUT2D eigenvalue weighted by molar-refractivity contribution is -0.141. The molecule has 7 heteroatoms. The summed E-state index contributed by atoms with van der Waals surface area (Å²) < 4.78 is 0. The molecule has 0 radical (unpaired) electrons. The number of rotatable bonds is 9. The highest BCUT2D eigenvalue weighted by atomic mass is 32.2. The van der Waals surface area contributed by atoms with E-state index in [0.29, 0.717) is 23.8 Å². The maximum absolute atomic E-state index is 12.1. The zero-order chi connectivity index (χ0) is 19.1. The third kappa shape index (κ3) is 5.85. The van der Waals surface area contributed by atoms with E-state index in [1.165, 1.54) is 16.9 Å². The van der Waals surface area contributed by atoms with Gasteiger partial charge in [-0.1, -0.05) is 38.1 Å². The van der Waals surface area contributed by atoms with Crippen molar-refractivity contribution in [3.8, 4) is 10.6 Å². The van der Waals surface area contributed by atoms with Gasteiger partial charge >= 0.3 is 5.97 Å². The first-order chi connectivity index (χ1) is 12.4. The topological polar surface area (TPSA) is 79.3 Å².